The fourth-order valence-corrected chi connectivity index (χ4v) is 1.61. The topological polar surface area (TPSA) is 77.0 Å². The highest BCUT2D eigenvalue weighted by molar-refractivity contribution is 5.51. The molecule has 2 aromatic heterocycles. The number of aromatic nitrogens is 2. The van der Waals surface area contributed by atoms with Gasteiger partial charge < -0.3 is 9.84 Å². The van der Waals surface area contributed by atoms with Crippen molar-refractivity contribution in [2.45, 2.75) is 20.3 Å². The summed E-state index contributed by atoms with van der Waals surface area (Å²) >= 11 is 0. The minimum atomic E-state index is 0.528. The molecule has 5 nitrogen and oxygen atoms in total. The fraction of sp³-hybridized carbons (Fsp3) is 0.333. The number of rotatable bonds is 4. The number of hydrogen-bond acceptors (Lipinski definition) is 5. The zero-order chi connectivity index (χ0) is 12.3. The number of nitrogens with two attached hydrogens (primary N) is 1. The Bertz CT molecular complexity index is 479. The molecule has 90 valence electrons. The SMILES string of the molecule is CC(C)Cc1cc(NN)nc(-c2ccco2)n1. The van der Waals surface area contributed by atoms with Gasteiger partial charge in [-0.2, -0.15) is 0 Å². The first-order chi connectivity index (χ1) is 8.19. The van der Waals surface area contributed by atoms with E-state index in [1.807, 2.05) is 18.2 Å². The van der Waals surface area contributed by atoms with Gasteiger partial charge in [0.2, 0.25) is 0 Å². The highest BCUT2D eigenvalue weighted by Gasteiger charge is 2.09. The number of nitrogens with zero attached hydrogens (tertiary/aromatic N) is 2. The number of anilines is 1. The maximum absolute atomic E-state index is 5.40. The number of hydrazine groups is 1. The molecule has 17 heavy (non-hydrogen) atoms. The summed E-state index contributed by atoms with van der Waals surface area (Å²) in [4.78, 5) is 8.72. The van der Waals surface area contributed by atoms with Crippen molar-refractivity contribution in [3.05, 3.63) is 30.2 Å². The summed E-state index contributed by atoms with van der Waals surface area (Å²) in [6.45, 7) is 4.29. The molecule has 2 rings (SSSR count). The van der Waals surface area contributed by atoms with Crippen LogP contribution in [-0.4, -0.2) is 9.97 Å². The molecule has 0 aliphatic carbocycles. The molecule has 0 unspecified atom stereocenters. The maximum atomic E-state index is 5.40. The van der Waals surface area contributed by atoms with Crippen LogP contribution in [0.1, 0.15) is 19.5 Å². The van der Waals surface area contributed by atoms with E-state index in [0.29, 0.717) is 23.3 Å². The van der Waals surface area contributed by atoms with Crippen molar-refractivity contribution >= 4 is 5.82 Å². The zero-order valence-corrected chi connectivity index (χ0v) is 9.97. The Morgan fingerprint density at radius 1 is 1.41 bits per heavy atom. The largest absolute Gasteiger partial charge is 0.461 e. The average Bonchev–Trinajstić information content (AvgIpc) is 2.81. The van der Waals surface area contributed by atoms with Gasteiger partial charge in [-0.25, -0.2) is 15.8 Å². The second-order valence-corrected chi connectivity index (χ2v) is 4.29. The summed E-state index contributed by atoms with van der Waals surface area (Å²) in [5.41, 5.74) is 3.50. The monoisotopic (exact) mass is 232 g/mol. The summed E-state index contributed by atoms with van der Waals surface area (Å²) in [6.07, 6.45) is 2.48. The van der Waals surface area contributed by atoms with E-state index in [4.69, 9.17) is 10.3 Å². The molecule has 2 heterocycles. The van der Waals surface area contributed by atoms with E-state index in [0.717, 1.165) is 12.1 Å². The van der Waals surface area contributed by atoms with Gasteiger partial charge >= 0.3 is 0 Å². The van der Waals surface area contributed by atoms with Crippen molar-refractivity contribution in [1.29, 1.82) is 0 Å². The minimum Gasteiger partial charge on any atom is -0.461 e. The molecule has 0 aliphatic rings. The van der Waals surface area contributed by atoms with E-state index in [2.05, 4.69) is 29.2 Å². The summed E-state index contributed by atoms with van der Waals surface area (Å²) in [5, 5.41) is 0. The van der Waals surface area contributed by atoms with E-state index in [-0.39, 0.29) is 0 Å². The third kappa shape index (κ3) is 2.82. The lowest BCUT2D eigenvalue weighted by molar-refractivity contribution is 0.575. The Morgan fingerprint density at radius 2 is 2.24 bits per heavy atom. The van der Waals surface area contributed by atoms with Crippen LogP contribution in [0.3, 0.4) is 0 Å². The van der Waals surface area contributed by atoms with E-state index < -0.39 is 0 Å². The van der Waals surface area contributed by atoms with Gasteiger partial charge in [0.05, 0.1) is 6.26 Å². The van der Waals surface area contributed by atoms with Gasteiger partial charge in [-0.1, -0.05) is 13.8 Å². The summed E-state index contributed by atoms with van der Waals surface area (Å²) < 4.78 is 5.29. The van der Waals surface area contributed by atoms with Crippen molar-refractivity contribution in [3.8, 4) is 11.6 Å². The number of nitrogens with one attached hydrogen (secondary N) is 1. The number of nitrogen functional groups attached to an aromatic ring is 1. The molecular weight excluding hydrogens is 216 g/mol. The lowest BCUT2D eigenvalue weighted by Gasteiger charge is -2.08. The quantitative estimate of drug-likeness (QED) is 0.624. The molecule has 0 saturated carbocycles. The van der Waals surface area contributed by atoms with E-state index in [9.17, 15) is 0 Å². The van der Waals surface area contributed by atoms with Gasteiger partial charge in [-0.05, 0) is 24.5 Å². The first-order valence-corrected chi connectivity index (χ1v) is 5.57. The van der Waals surface area contributed by atoms with Gasteiger partial charge in [0.25, 0.3) is 0 Å². The molecule has 5 heteroatoms. The van der Waals surface area contributed by atoms with Crippen LogP contribution in [0, 0.1) is 5.92 Å². The van der Waals surface area contributed by atoms with E-state index in [1.54, 1.807) is 6.26 Å². The van der Waals surface area contributed by atoms with Crippen molar-refractivity contribution in [2.24, 2.45) is 11.8 Å². The second-order valence-electron chi connectivity index (χ2n) is 4.29. The standard InChI is InChI=1S/C12H16N4O/c1-8(2)6-9-7-11(16-13)15-12(14-9)10-4-3-5-17-10/h3-5,7-8H,6,13H2,1-2H3,(H,14,15,16). The van der Waals surface area contributed by atoms with E-state index in [1.165, 1.54) is 0 Å². The molecule has 0 fully saturated rings. The first kappa shape index (κ1) is 11.6. The molecule has 0 atom stereocenters. The molecule has 0 bridgehead atoms. The normalized spacial score (nSPS) is 10.8. The molecule has 2 aromatic rings. The predicted octanol–water partition coefficient (Wildman–Crippen LogP) is 2.22. The Kier molecular flexibility index (Phi) is 3.39. The predicted molar refractivity (Wildman–Crippen MR) is 66.1 cm³/mol. The molecule has 0 spiro atoms. The highest BCUT2D eigenvalue weighted by Crippen LogP contribution is 2.19. The van der Waals surface area contributed by atoms with Gasteiger partial charge in [0.15, 0.2) is 11.6 Å². The number of furan rings is 1. The third-order valence-electron chi connectivity index (χ3n) is 2.29. The molecular formula is C12H16N4O. The molecule has 0 aromatic carbocycles. The van der Waals surface area contributed by atoms with Gasteiger partial charge in [0, 0.05) is 11.8 Å². The number of hydrogen-bond donors (Lipinski definition) is 2. The summed E-state index contributed by atoms with van der Waals surface area (Å²) in [5.74, 6) is 7.73. The first-order valence-electron chi connectivity index (χ1n) is 5.57. The lowest BCUT2D eigenvalue weighted by atomic mass is 10.1. The molecule has 0 amide bonds. The Hall–Kier alpha value is -1.88. The fourth-order valence-electron chi connectivity index (χ4n) is 1.61. The van der Waals surface area contributed by atoms with Crippen LogP contribution in [0.2, 0.25) is 0 Å². The minimum absolute atomic E-state index is 0.528. The van der Waals surface area contributed by atoms with Crippen LogP contribution in [-0.2, 0) is 6.42 Å². The van der Waals surface area contributed by atoms with Crippen LogP contribution in [0.5, 0.6) is 0 Å². The molecule has 3 N–H and O–H groups in total. The van der Waals surface area contributed by atoms with Crippen molar-refractivity contribution in [1.82, 2.24) is 9.97 Å². The maximum Gasteiger partial charge on any atom is 0.197 e. The van der Waals surface area contributed by atoms with Crippen molar-refractivity contribution in [3.63, 3.8) is 0 Å². The van der Waals surface area contributed by atoms with Crippen LogP contribution in [0.25, 0.3) is 11.6 Å². The van der Waals surface area contributed by atoms with Crippen LogP contribution < -0.4 is 11.3 Å². The third-order valence-corrected chi connectivity index (χ3v) is 2.29. The van der Waals surface area contributed by atoms with Gasteiger partial charge in [-0.15, -0.1) is 0 Å². The lowest BCUT2D eigenvalue weighted by Crippen LogP contribution is -2.11. The molecule has 0 aliphatic heterocycles. The summed E-state index contributed by atoms with van der Waals surface area (Å²) in [6, 6.07) is 5.49. The van der Waals surface area contributed by atoms with Gasteiger partial charge in [0.1, 0.15) is 5.82 Å². The van der Waals surface area contributed by atoms with Crippen LogP contribution in [0.15, 0.2) is 28.9 Å². The van der Waals surface area contributed by atoms with Gasteiger partial charge in [-0.3, -0.25) is 0 Å². The smallest absolute Gasteiger partial charge is 0.197 e. The molecule has 0 saturated heterocycles. The van der Waals surface area contributed by atoms with Crippen molar-refractivity contribution < 1.29 is 4.42 Å². The van der Waals surface area contributed by atoms with Crippen LogP contribution in [0.4, 0.5) is 5.82 Å². The zero-order valence-electron chi connectivity index (χ0n) is 9.97. The Balaban J connectivity index is 2.38. The second kappa shape index (κ2) is 4.97. The highest BCUT2D eigenvalue weighted by atomic mass is 16.3. The van der Waals surface area contributed by atoms with Crippen molar-refractivity contribution in [2.75, 3.05) is 5.43 Å². The summed E-state index contributed by atoms with van der Waals surface area (Å²) in [7, 11) is 0. The Morgan fingerprint density at radius 3 is 2.82 bits per heavy atom. The Labute approximate surface area is 100 Å². The van der Waals surface area contributed by atoms with Crippen LogP contribution >= 0.6 is 0 Å². The molecule has 0 radical (unpaired) electrons. The van der Waals surface area contributed by atoms with E-state index >= 15 is 0 Å². The average molecular weight is 232 g/mol.